The molecule has 0 amide bonds. The highest BCUT2D eigenvalue weighted by molar-refractivity contribution is 5.53. The van der Waals surface area contributed by atoms with Gasteiger partial charge in [0.05, 0.1) is 21.3 Å². The van der Waals surface area contributed by atoms with Crippen LogP contribution in [0.3, 0.4) is 0 Å². The molecule has 0 fully saturated rings. The molecule has 0 aliphatic carbocycles. The maximum atomic E-state index is 9.42. The Kier molecular flexibility index (Phi) is 12.1. The van der Waals surface area contributed by atoms with Gasteiger partial charge in [-0.2, -0.15) is 0 Å². The number of hydrogen-bond acceptors (Lipinski definition) is 6. The maximum Gasteiger partial charge on any atom is 0.160 e. The van der Waals surface area contributed by atoms with Gasteiger partial charge in [-0.15, -0.1) is 0 Å². The van der Waals surface area contributed by atoms with Crippen molar-refractivity contribution in [3.8, 4) is 34.5 Å². The summed E-state index contributed by atoms with van der Waals surface area (Å²) in [5.74, 6) is 2.99. The maximum absolute atomic E-state index is 9.42. The summed E-state index contributed by atoms with van der Waals surface area (Å²) in [5.41, 5.74) is 3.17. The Morgan fingerprint density at radius 1 is 0.600 bits per heavy atom. The standard InChI is InChI=1S/2C10H14O2.C9H10O2/c1-7(2)8-4-5-10(12-3)9(11)6-8;1-7(2)8-4-5-9(11)10(6-8)12-3;1-3-7-4-5-9(11-2)8(10)6-7/h2*4-7,11H,1-3H3;3-6,10H,1H2,2H3. The van der Waals surface area contributed by atoms with Crippen LogP contribution in [-0.4, -0.2) is 36.6 Å². The van der Waals surface area contributed by atoms with Gasteiger partial charge in [0.25, 0.3) is 0 Å². The minimum Gasteiger partial charge on any atom is -0.504 e. The summed E-state index contributed by atoms with van der Waals surface area (Å²) in [5, 5.41) is 28.0. The van der Waals surface area contributed by atoms with Crippen molar-refractivity contribution in [2.75, 3.05) is 21.3 Å². The Hall–Kier alpha value is -3.80. The van der Waals surface area contributed by atoms with Gasteiger partial charge in [-0.1, -0.05) is 58.5 Å². The number of phenolic OH excluding ortho intramolecular Hbond substituents is 3. The highest BCUT2D eigenvalue weighted by Crippen LogP contribution is 2.30. The molecule has 0 radical (unpaired) electrons. The molecule has 0 spiro atoms. The van der Waals surface area contributed by atoms with E-state index in [1.165, 1.54) is 12.7 Å². The molecule has 190 valence electrons. The van der Waals surface area contributed by atoms with E-state index in [2.05, 4.69) is 34.3 Å². The second-order valence-electron chi connectivity index (χ2n) is 8.31. The summed E-state index contributed by atoms with van der Waals surface area (Å²) in [7, 11) is 4.62. The number of rotatable bonds is 6. The monoisotopic (exact) mass is 482 g/mol. The zero-order valence-corrected chi connectivity index (χ0v) is 21.7. The lowest BCUT2D eigenvalue weighted by Gasteiger charge is -2.08. The lowest BCUT2D eigenvalue weighted by molar-refractivity contribution is 0.372. The first-order valence-corrected chi connectivity index (χ1v) is 11.3. The first kappa shape index (κ1) is 29.2. The van der Waals surface area contributed by atoms with Crippen LogP contribution in [0.25, 0.3) is 6.08 Å². The highest BCUT2D eigenvalue weighted by atomic mass is 16.5. The van der Waals surface area contributed by atoms with Crippen molar-refractivity contribution in [3.05, 3.63) is 77.9 Å². The van der Waals surface area contributed by atoms with E-state index >= 15 is 0 Å². The zero-order chi connectivity index (χ0) is 26.5. The van der Waals surface area contributed by atoms with Crippen molar-refractivity contribution >= 4 is 6.08 Å². The molecule has 35 heavy (non-hydrogen) atoms. The summed E-state index contributed by atoms with van der Waals surface area (Å²) in [6, 6.07) is 16.0. The van der Waals surface area contributed by atoms with Gasteiger partial charge in [-0.3, -0.25) is 0 Å². The Morgan fingerprint density at radius 2 is 1.06 bits per heavy atom. The smallest absolute Gasteiger partial charge is 0.160 e. The number of hydrogen-bond donors (Lipinski definition) is 3. The molecule has 3 aromatic rings. The molecule has 0 aromatic heterocycles. The second-order valence-corrected chi connectivity index (χ2v) is 8.31. The van der Waals surface area contributed by atoms with E-state index in [0.717, 1.165) is 11.1 Å². The topological polar surface area (TPSA) is 88.4 Å². The molecule has 3 aromatic carbocycles. The third-order valence-corrected chi connectivity index (χ3v) is 5.18. The van der Waals surface area contributed by atoms with E-state index in [0.29, 0.717) is 29.1 Å². The van der Waals surface area contributed by atoms with Gasteiger partial charge in [0.2, 0.25) is 0 Å². The number of benzene rings is 3. The van der Waals surface area contributed by atoms with Gasteiger partial charge in [-0.05, 0) is 64.9 Å². The van der Waals surface area contributed by atoms with Gasteiger partial charge in [-0.25, -0.2) is 0 Å². The van der Waals surface area contributed by atoms with Crippen LogP contribution in [0.1, 0.15) is 56.2 Å². The molecule has 0 heterocycles. The first-order valence-electron chi connectivity index (χ1n) is 11.3. The van der Waals surface area contributed by atoms with Crippen LogP contribution in [0.2, 0.25) is 0 Å². The summed E-state index contributed by atoms with van der Waals surface area (Å²) in [6.45, 7) is 12.0. The molecule has 0 saturated carbocycles. The third-order valence-electron chi connectivity index (χ3n) is 5.18. The van der Waals surface area contributed by atoms with Gasteiger partial charge in [0, 0.05) is 0 Å². The molecule has 0 aliphatic rings. The molecule has 0 atom stereocenters. The van der Waals surface area contributed by atoms with Crippen molar-refractivity contribution in [2.45, 2.75) is 39.5 Å². The molecule has 6 heteroatoms. The van der Waals surface area contributed by atoms with Gasteiger partial charge >= 0.3 is 0 Å². The van der Waals surface area contributed by atoms with Gasteiger partial charge in [0.15, 0.2) is 34.5 Å². The molecule has 0 saturated heterocycles. The average molecular weight is 483 g/mol. The fourth-order valence-corrected chi connectivity index (χ4v) is 2.95. The number of aromatic hydroxyl groups is 3. The molecular formula is C29H38O6. The molecule has 3 rings (SSSR count). The van der Waals surface area contributed by atoms with E-state index in [9.17, 15) is 15.3 Å². The van der Waals surface area contributed by atoms with Crippen LogP contribution in [0, 0.1) is 0 Å². The van der Waals surface area contributed by atoms with E-state index in [-0.39, 0.29) is 17.2 Å². The lowest BCUT2D eigenvalue weighted by Crippen LogP contribution is -1.89. The molecule has 3 N–H and O–H groups in total. The van der Waals surface area contributed by atoms with Crippen LogP contribution in [0.4, 0.5) is 0 Å². The Bertz CT molecular complexity index is 1070. The van der Waals surface area contributed by atoms with Crippen LogP contribution >= 0.6 is 0 Å². The number of ether oxygens (including phenoxy) is 3. The average Bonchev–Trinajstić information content (AvgIpc) is 2.84. The molecule has 0 bridgehead atoms. The largest absolute Gasteiger partial charge is 0.504 e. The first-order chi connectivity index (χ1) is 16.6. The van der Waals surface area contributed by atoms with Gasteiger partial charge in [0.1, 0.15) is 0 Å². The van der Waals surface area contributed by atoms with Crippen LogP contribution in [0.5, 0.6) is 34.5 Å². The Morgan fingerprint density at radius 3 is 1.49 bits per heavy atom. The summed E-state index contributed by atoms with van der Waals surface area (Å²) in [4.78, 5) is 0. The van der Waals surface area contributed by atoms with Crippen molar-refractivity contribution < 1.29 is 29.5 Å². The summed E-state index contributed by atoms with van der Waals surface area (Å²) < 4.78 is 14.8. The zero-order valence-electron chi connectivity index (χ0n) is 21.7. The van der Waals surface area contributed by atoms with E-state index in [4.69, 9.17) is 14.2 Å². The van der Waals surface area contributed by atoms with Crippen molar-refractivity contribution in [3.63, 3.8) is 0 Å². The summed E-state index contributed by atoms with van der Waals surface area (Å²) in [6.07, 6.45) is 1.67. The highest BCUT2D eigenvalue weighted by Gasteiger charge is 2.05. The number of phenols is 3. The van der Waals surface area contributed by atoms with E-state index < -0.39 is 0 Å². The lowest BCUT2D eigenvalue weighted by atomic mass is 10.0. The predicted octanol–water partition coefficient (Wildman–Crippen LogP) is 7.09. The Balaban J connectivity index is 0.000000263. The normalized spacial score (nSPS) is 9.97. The van der Waals surface area contributed by atoms with Crippen LogP contribution < -0.4 is 14.2 Å². The minimum atomic E-state index is 0.143. The SMILES string of the molecule is C=Cc1ccc(OC)c(O)c1.COc1cc(C(C)C)ccc1O.COc1ccc(C(C)C)cc1O. The molecule has 0 unspecified atom stereocenters. The second kappa shape index (κ2) is 14.5. The molecule has 0 aliphatic heterocycles. The quantitative estimate of drug-likeness (QED) is 0.347. The van der Waals surface area contributed by atoms with Crippen molar-refractivity contribution in [2.24, 2.45) is 0 Å². The van der Waals surface area contributed by atoms with Crippen LogP contribution in [0.15, 0.2) is 61.2 Å². The van der Waals surface area contributed by atoms with Crippen molar-refractivity contribution in [1.29, 1.82) is 0 Å². The summed E-state index contributed by atoms with van der Waals surface area (Å²) >= 11 is 0. The molecular weight excluding hydrogens is 444 g/mol. The Labute approximate surface area is 209 Å². The molecule has 6 nitrogen and oxygen atoms in total. The minimum absolute atomic E-state index is 0.143. The van der Waals surface area contributed by atoms with Crippen molar-refractivity contribution in [1.82, 2.24) is 0 Å². The fourth-order valence-electron chi connectivity index (χ4n) is 2.95. The third kappa shape index (κ3) is 9.16. The number of methoxy groups -OCH3 is 3. The van der Waals surface area contributed by atoms with E-state index in [1.807, 2.05) is 24.3 Å². The van der Waals surface area contributed by atoms with Gasteiger partial charge < -0.3 is 29.5 Å². The predicted molar refractivity (Wildman–Crippen MR) is 142 cm³/mol. The van der Waals surface area contributed by atoms with Crippen LogP contribution in [-0.2, 0) is 0 Å². The van der Waals surface area contributed by atoms with E-state index in [1.54, 1.807) is 50.6 Å². The fraction of sp³-hybridized carbons (Fsp3) is 0.310.